The molecule has 6 heteroatoms. The molecule has 0 atom stereocenters. The van der Waals surface area contributed by atoms with Gasteiger partial charge in [-0.25, -0.2) is 0 Å². The van der Waals surface area contributed by atoms with Crippen LogP contribution in [0.25, 0.3) is 0 Å². The second kappa shape index (κ2) is 5.55. The van der Waals surface area contributed by atoms with E-state index in [-0.39, 0.29) is 0 Å². The van der Waals surface area contributed by atoms with Crippen LogP contribution in [0.4, 0.5) is 5.82 Å². The molecule has 1 aromatic heterocycles. The molecule has 17 heavy (non-hydrogen) atoms. The fourth-order valence-corrected chi connectivity index (χ4v) is 1.89. The Labute approximate surface area is 116 Å². The normalized spacial score (nSPS) is 10.5. The first-order valence-electron chi connectivity index (χ1n) is 5.02. The molecular weight excluding hydrogens is 350 g/mol. The molecule has 0 unspecified atom stereocenters. The molecule has 0 saturated heterocycles. The van der Waals surface area contributed by atoms with Crippen LogP contribution in [0.3, 0.4) is 0 Å². The zero-order valence-corrected chi connectivity index (χ0v) is 12.1. The van der Waals surface area contributed by atoms with Gasteiger partial charge in [-0.2, -0.15) is 5.10 Å². The number of rotatable bonds is 4. The molecule has 2 rings (SSSR count). The summed E-state index contributed by atoms with van der Waals surface area (Å²) in [5, 5.41) is 4.12. The molecule has 2 aromatic rings. The molecule has 1 heterocycles. The van der Waals surface area contributed by atoms with Gasteiger partial charge in [-0.3, -0.25) is 4.68 Å². The first-order chi connectivity index (χ1) is 8.15. The number of anilines is 1. The Balaban J connectivity index is 1.85. The summed E-state index contributed by atoms with van der Waals surface area (Å²) in [6, 6.07) is 7.71. The second-order valence-electron chi connectivity index (χ2n) is 3.43. The Kier molecular flexibility index (Phi) is 4.06. The smallest absolute Gasteiger partial charge is 0.159 e. The topological polar surface area (TPSA) is 53.1 Å². The average molecular weight is 361 g/mol. The number of halogens is 2. The number of aromatic nitrogens is 2. The van der Waals surface area contributed by atoms with Gasteiger partial charge in [-0.1, -0.05) is 15.9 Å². The Hall–Kier alpha value is -1.01. The predicted molar refractivity (Wildman–Crippen MR) is 74.0 cm³/mol. The third-order valence-electron chi connectivity index (χ3n) is 2.15. The van der Waals surface area contributed by atoms with E-state index in [0.29, 0.717) is 19.0 Å². The van der Waals surface area contributed by atoms with E-state index in [1.165, 1.54) is 0 Å². The quantitative estimate of drug-likeness (QED) is 0.911. The molecule has 0 aliphatic carbocycles. The Bertz CT molecular complexity index is 476. The van der Waals surface area contributed by atoms with Crippen molar-refractivity contribution in [3.8, 4) is 5.75 Å². The van der Waals surface area contributed by atoms with E-state index in [0.717, 1.165) is 14.7 Å². The Morgan fingerprint density at radius 1 is 1.24 bits per heavy atom. The van der Waals surface area contributed by atoms with Crippen molar-refractivity contribution < 1.29 is 4.74 Å². The highest BCUT2D eigenvalue weighted by Gasteiger charge is 2.02. The van der Waals surface area contributed by atoms with E-state index in [1.54, 1.807) is 4.68 Å². The van der Waals surface area contributed by atoms with Gasteiger partial charge in [0.1, 0.15) is 12.4 Å². The van der Waals surface area contributed by atoms with Crippen LogP contribution < -0.4 is 10.5 Å². The van der Waals surface area contributed by atoms with Gasteiger partial charge >= 0.3 is 0 Å². The van der Waals surface area contributed by atoms with Gasteiger partial charge in [0.25, 0.3) is 0 Å². The summed E-state index contributed by atoms with van der Waals surface area (Å²) in [4.78, 5) is 0. The first kappa shape index (κ1) is 12.4. The summed E-state index contributed by atoms with van der Waals surface area (Å²) >= 11 is 6.68. The molecule has 0 saturated carbocycles. The number of hydrogen-bond donors (Lipinski definition) is 1. The third kappa shape index (κ3) is 3.47. The molecule has 90 valence electrons. The van der Waals surface area contributed by atoms with Crippen LogP contribution in [-0.2, 0) is 6.54 Å². The lowest BCUT2D eigenvalue weighted by molar-refractivity contribution is 0.291. The van der Waals surface area contributed by atoms with E-state index >= 15 is 0 Å². The van der Waals surface area contributed by atoms with Crippen molar-refractivity contribution in [2.45, 2.75) is 6.54 Å². The largest absolute Gasteiger partial charge is 0.492 e. The van der Waals surface area contributed by atoms with Crippen LogP contribution >= 0.6 is 31.9 Å². The Morgan fingerprint density at radius 3 is 2.53 bits per heavy atom. The third-order valence-corrected chi connectivity index (χ3v) is 3.29. The van der Waals surface area contributed by atoms with Gasteiger partial charge in [-0.05, 0) is 40.2 Å². The van der Waals surface area contributed by atoms with Crippen molar-refractivity contribution in [2.75, 3.05) is 12.3 Å². The Morgan fingerprint density at radius 2 is 1.94 bits per heavy atom. The van der Waals surface area contributed by atoms with E-state index < -0.39 is 0 Å². The molecule has 0 radical (unpaired) electrons. The maximum atomic E-state index is 5.62. The maximum Gasteiger partial charge on any atom is 0.159 e. The van der Waals surface area contributed by atoms with Crippen LogP contribution in [0.2, 0.25) is 0 Å². The zero-order chi connectivity index (χ0) is 12.3. The minimum atomic E-state index is 0.494. The van der Waals surface area contributed by atoms with Crippen LogP contribution in [0, 0.1) is 0 Å². The number of nitrogens with zero attached hydrogens (tertiary/aromatic N) is 2. The van der Waals surface area contributed by atoms with Gasteiger partial charge < -0.3 is 10.5 Å². The van der Waals surface area contributed by atoms with Crippen molar-refractivity contribution in [1.82, 2.24) is 9.78 Å². The minimum absolute atomic E-state index is 0.494. The molecule has 0 aliphatic heterocycles. The van der Waals surface area contributed by atoms with Gasteiger partial charge in [0, 0.05) is 10.7 Å². The van der Waals surface area contributed by atoms with Gasteiger partial charge in [0.15, 0.2) is 5.82 Å². The average Bonchev–Trinajstić information content (AvgIpc) is 2.61. The lowest BCUT2D eigenvalue weighted by Crippen LogP contribution is -2.08. The van der Waals surface area contributed by atoms with E-state index in [9.17, 15) is 0 Å². The van der Waals surface area contributed by atoms with Crippen LogP contribution in [0.15, 0.2) is 39.4 Å². The molecule has 0 amide bonds. The van der Waals surface area contributed by atoms with Gasteiger partial charge in [-0.15, -0.1) is 0 Å². The zero-order valence-electron chi connectivity index (χ0n) is 8.94. The van der Waals surface area contributed by atoms with E-state index in [1.807, 2.05) is 30.5 Å². The molecule has 0 bridgehead atoms. The van der Waals surface area contributed by atoms with Gasteiger partial charge in [0.05, 0.1) is 11.0 Å². The van der Waals surface area contributed by atoms with Crippen LogP contribution in [-0.4, -0.2) is 16.4 Å². The molecular formula is C11H11Br2N3O. The minimum Gasteiger partial charge on any atom is -0.492 e. The standard InChI is InChI=1S/C11H11Br2N3O/c12-8-1-3-9(4-2-8)17-6-5-16-7-10(13)11(14)15-16/h1-4,7H,5-6H2,(H2,14,15). The number of nitrogen functional groups attached to an aromatic ring is 1. The summed E-state index contributed by atoms with van der Waals surface area (Å²) in [6.07, 6.45) is 1.83. The highest BCUT2D eigenvalue weighted by atomic mass is 79.9. The van der Waals surface area contributed by atoms with Crippen molar-refractivity contribution in [3.63, 3.8) is 0 Å². The summed E-state index contributed by atoms with van der Waals surface area (Å²) < 4.78 is 9.17. The molecule has 2 N–H and O–H groups in total. The molecule has 4 nitrogen and oxygen atoms in total. The predicted octanol–water partition coefficient (Wildman–Crippen LogP) is 3.07. The fourth-order valence-electron chi connectivity index (χ4n) is 1.31. The number of hydrogen-bond acceptors (Lipinski definition) is 3. The summed E-state index contributed by atoms with van der Waals surface area (Å²) in [7, 11) is 0. The number of ether oxygens (including phenoxy) is 1. The van der Waals surface area contributed by atoms with Gasteiger partial charge in [0.2, 0.25) is 0 Å². The van der Waals surface area contributed by atoms with Crippen molar-refractivity contribution >= 4 is 37.7 Å². The lowest BCUT2D eigenvalue weighted by Gasteiger charge is -2.06. The van der Waals surface area contributed by atoms with Crippen LogP contribution in [0.5, 0.6) is 5.75 Å². The summed E-state index contributed by atoms with van der Waals surface area (Å²) in [5.41, 5.74) is 5.62. The summed E-state index contributed by atoms with van der Waals surface area (Å²) in [5.74, 6) is 1.33. The van der Waals surface area contributed by atoms with E-state index in [4.69, 9.17) is 10.5 Å². The molecule has 0 fully saturated rings. The van der Waals surface area contributed by atoms with E-state index in [2.05, 4.69) is 37.0 Å². The monoisotopic (exact) mass is 359 g/mol. The highest BCUT2D eigenvalue weighted by molar-refractivity contribution is 9.10. The van der Waals surface area contributed by atoms with Crippen molar-refractivity contribution in [3.05, 3.63) is 39.4 Å². The summed E-state index contributed by atoms with van der Waals surface area (Å²) in [6.45, 7) is 1.21. The highest BCUT2D eigenvalue weighted by Crippen LogP contribution is 2.17. The lowest BCUT2D eigenvalue weighted by atomic mass is 10.3. The number of benzene rings is 1. The van der Waals surface area contributed by atoms with Crippen molar-refractivity contribution in [1.29, 1.82) is 0 Å². The SMILES string of the molecule is Nc1nn(CCOc2ccc(Br)cc2)cc1Br. The number of nitrogens with two attached hydrogens (primary N) is 1. The molecule has 0 spiro atoms. The van der Waals surface area contributed by atoms with Crippen molar-refractivity contribution in [2.24, 2.45) is 0 Å². The second-order valence-corrected chi connectivity index (χ2v) is 5.20. The maximum absolute atomic E-state index is 5.62. The molecule has 1 aromatic carbocycles. The molecule has 0 aliphatic rings. The fraction of sp³-hybridized carbons (Fsp3) is 0.182. The van der Waals surface area contributed by atoms with Crippen LogP contribution in [0.1, 0.15) is 0 Å². The first-order valence-corrected chi connectivity index (χ1v) is 6.60.